The van der Waals surface area contributed by atoms with Gasteiger partial charge >= 0.3 is 8.56 Å². The van der Waals surface area contributed by atoms with Gasteiger partial charge in [-0.1, -0.05) is 91.0 Å². The zero-order chi connectivity index (χ0) is 18.5. The van der Waals surface area contributed by atoms with E-state index in [1.807, 2.05) is 0 Å². The van der Waals surface area contributed by atoms with Crippen LogP contribution in [-0.2, 0) is 8.23 Å². The highest BCUT2D eigenvalue weighted by Crippen LogP contribution is 2.16. The van der Waals surface area contributed by atoms with Crippen LogP contribution in [0.3, 0.4) is 0 Å². The number of hydrogen-bond acceptors (Lipinski definition) is 2. The summed E-state index contributed by atoms with van der Waals surface area (Å²) in [6.45, 7) is 6.73. The van der Waals surface area contributed by atoms with Crippen LogP contribution in [0.4, 0.5) is 0 Å². The normalized spacial score (nSPS) is 12.6. The molecule has 5 heteroatoms. The molecule has 0 N–H and O–H groups in total. The van der Waals surface area contributed by atoms with Crippen molar-refractivity contribution in [2.45, 2.75) is 19.6 Å². The summed E-state index contributed by atoms with van der Waals surface area (Å²) in [4.78, 5) is 0. The van der Waals surface area contributed by atoms with Crippen LogP contribution >= 0.6 is 0 Å². The molecule has 0 saturated heterocycles. The summed E-state index contributed by atoms with van der Waals surface area (Å²) < 4.78 is 13.8. The highest BCUT2D eigenvalue weighted by molar-refractivity contribution is 7.00. The van der Waals surface area contributed by atoms with Gasteiger partial charge in [0, 0.05) is 0 Å². The lowest BCUT2D eigenvalue weighted by Crippen LogP contribution is -2.67. The molecular weight excluding hydrogens is 368 g/mol. The molecule has 0 aliphatic rings. The Morgan fingerprint density at radius 1 is 0.615 bits per heavy atom. The molecule has 0 unspecified atom stereocenters. The average molecular weight is 395 g/mol. The summed E-state index contributed by atoms with van der Waals surface area (Å²) in [6, 6.07) is 31.6. The summed E-state index contributed by atoms with van der Waals surface area (Å²) in [5.74, 6) is 0. The minimum atomic E-state index is -2.74. The SMILES string of the molecule is C[Si](C)(C)O[Si](O[SiH2]c1ccccc1)(c1ccccc1)c1ccccc1. The van der Waals surface area contributed by atoms with Crippen LogP contribution in [0, 0.1) is 0 Å². The van der Waals surface area contributed by atoms with Crippen molar-refractivity contribution in [1.82, 2.24) is 0 Å². The highest BCUT2D eigenvalue weighted by Gasteiger charge is 2.45. The van der Waals surface area contributed by atoms with Crippen LogP contribution in [0.1, 0.15) is 0 Å². The second kappa shape index (κ2) is 8.28. The van der Waals surface area contributed by atoms with Gasteiger partial charge in [-0.05, 0) is 35.2 Å². The zero-order valence-corrected chi connectivity index (χ0v) is 19.1. The Balaban J connectivity index is 2.08. The second-order valence-corrected chi connectivity index (χ2v) is 17.0. The van der Waals surface area contributed by atoms with Gasteiger partial charge in [-0.3, -0.25) is 0 Å². The van der Waals surface area contributed by atoms with E-state index in [2.05, 4.69) is 111 Å². The quantitative estimate of drug-likeness (QED) is 0.573. The standard InChI is InChI=1S/C21H26O2Si3/c1-25(2,3)23-26(20-15-9-5-10-16-20,21-17-11-6-12-18-21)22-24-19-13-7-4-8-14-19/h4-18H,24H2,1-3H3. The Kier molecular flexibility index (Phi) is 6.05. The third-order valence-electron chi connectivity index (χ3n) is 4.04. The molecule has 0 spiro atoms. The van der Waals surface area contributed by atoms with Gasteiger partial charge in [0.25, 0.3) is 0 Å². The predicted molar refractivity (Wildman–Crippen MR) is 118 cm³/mol. The Morgan fingerprint density at radius 3 is 1.46 bits per heavy atom. The molecule has 3 rings (SSSR count). The molecule has 2 nitrogen and oxygen atoms in total. The van der Waals surface area contributed by atoms with Gasteiger partial charge in [0.1, 0.15) is 0 Å². The number of benzene rings is 3. The fraction of sp³-hybridized carbons (Fsp3) is 0.143. The van der Waals surface area contributed by atoms with Gasteiger partial charge in [0.2, 0.25) is 0 Å². The third-order valence-corrected chi connectivity index (χ3v) is 12.8. The summed E-state index contributed by atoms with van der Waals surface area (Å²) in [5, 5.41) is 3.68. The molecule has 0 aromatic heterocycles. The van der Waals surface area contributed by atoms with Crippen LogP contribution in [-0.4, -0.2) is 26.6 Å². The molecule has 134 valence electrons. The minimum absolute atomic E-state index is 0.913. The highest BCUT2D eigenvalue weighted by atomic mass is 28.5. The maximum absolute atomic E-state index is 6.91. The first-order valence-electron chi connectivity index (χ1n) is 8.99. The van der Waals surface area contributed by atoms with E-state index in [0.717, 1.165) is 0 Å². The summed E-state index contributed by atoms with van der Waals surface area (Å²) in [7, 11) is -5.49. The summed E-state index contributed by atoms with van der Waals surface area (Å²) >= 11 is 0. The van der Waals surface area contributed by atoms with Crippen molar-refractivity contribution in [1.29, 1.82) is 0 Å². The number of hydrogen-bond donors (Lipinski definition) is 0. The summed E-state index contributed by atoms with van der Waals surface area (Å²) in [6.07, 6.45) is 0. The smallest absolute Gasteiger partial charge is 0.386 e. The lowest BCUT2D eigenvalue weighted by molar-refractivity contribution is 0.432. The van der Waals surface area contributed by atoms with Gasteiger partial charge in [0.05, 0.1) is 0 Å². The first-order valence-corrected chi connectivity index (χ1v) is 15.5. The minimum Gasteiger partial charge on any atom is -0.431 e. The van der Waals surface area contributed by atoms with E-state index in [1.54, 1.807) is 0 Å². The molecule has 0 heterocycles. The molecule has 26 heavy (non-hydrogen) atoms. The Hall–Kier alpha value is -1.77. The van der Waals surface area contributed by atoms with E-state index >= 15 is 0 Å². The first-order chi connectivity index (χ1) is 12.5. The van der Waals surface area contributed by atoms with Crippen molar-refractivity contribution in [2.75, 3.05) is 0 Å². The van der Waals surface area contributed by atoms with Gasteiger partial charge in [0.15, 0.2) is 18.1 Å². The molecule has 3 aromatic carbocycles. The molecule has 0 saturated carbocycles. The van der Waals surface area contributed by atoms with Crippen LogP contribution in [0.5, 0.6) is 0 Å². The van der Waals surface area contributed by atoms with Crippen molar-refractivity contribution in [3.63, 3.8) is 0 Å². The largest absolute Gasteiger partial charge is 0.431 e. The van der Waals surface area contributed by atoms with Crippen LogP contribution in [0.2, 0.25) is 19.6 Å². The monoisotopic (exact) mass is 394 g/mol. The van der Waals surface area contributed by atoms with E-state index in [9.17, 15) is 0 Å². The van der Waals surface area contributed by atoms with Crippen LogP contribution < -0.4 is 15.6 Å². The van der Waals surface area contributed by atoms with E-state index in [0.29, 0.717) is 0 Å². The molecule has 0 radical (unpaired) electrons. The molecule has 0 bridgehead atoms. The lowest BCUT2D eigenvalue weighted by atomic mass is 10.4. The van der Waals surface area contributed by atoms with E-state index in [-0.39, 0.29) is 0 Å². The lowest BCUT2D eigenvalue weighted by Gasteiger charge is -2.37. The maximum Gasteiger partial charge on any atom is 0.386 e. The zero-order valence-electron chi connectivity index (χ0n) is 15.7. The molecule has 3 aromatic rings. The van der Waals surface area contributed by atoms with Crippen molar-refractivity contribution in [3.8, 4) is 0 Å². The Bertz CT molecular complexity index is 763. The van der Waals surface area contributed by atoms with Gasteiger partial charge in [-0.15, -0.1) is 0 Å². The molecule has 0 aliphatic carbocycles. The molecular formula is C21H26O2Si3. The van der Waals surface area contributed by atoms with Gasteiger partial charge in [-0.2, -0.15) is 0 Å². The Labute approximate surface area is 161 Å². The maximum atomic E-state index is 6.91. The van der Waals surface area contributed by atoms with Crippen molar-refractivity contribution < 1.29 is 8.23 Å². The molecule has 0 aliphatic heterocycles. The van der Waals surface area contributed by atoms with Crippen LogP contribution in [0.25, 0.3) is 0 Å². The summed E-state index contributed by atoms with van der Waals surface area (Å²) in [5.41, 5.74) is 0. The van der Waals surface area contributed by atoms with Crippen LogP contribution in [0.15, 0.2) is 91.0 Å². The van der Waals surface area contributed by atoms with Gasteiger partial charge in [-0.25, -0.2) is 0 Å². The topological polar surface area (TPSA) is 18.5 Å². The fourth-order valence-electron chi connectivity index (χ4n) is 2.99. The molecule has 0 amide bonds. The van der Waals surface area contributed by atoms with E-state index < -0.39 is 26.6 Å². The van der Waals surface area contributed by atoms with Gasteiger partial charge < -0.3 is 8.23 Å². The second-order valence-electron chi connectivity index (χ2n) is 7.34. The third kappa shape index (κ3) is 4.69. The number of rotatable bonds is 7. The first kappa shape index (κ1) is 19.0. The van der Waals surface area contributed by atoms with E-state index in [1.165, 1.54) is 15.6 Å². The Morgan fingerprint density at radius 2 is 1.04 bits per heavy atom. The molecule has 0 atom stereocenters. The molecule has 0 fully saturated rings. The predicted octanol–water partition coefficient (Wildman–Crippen LogP) is 2.52. The van der Waals surface area contributed by atoms with Crippen molar-refractivity contribution in [2.24, 2.45) is 0 Å². The van der Waals surface area contributed by atoms with E-state index in [4.69, 9.17) is 8.23 Å². The van der Waals surface area contributed by atoms with Crippen molar-refractivity contribution in [3.05, 3.63) is 91.0 Å². The van der Waals surface area contributed by atoms with Crippen molar-refractivity contribution >= 4 is 42.2 Å². The fourth-order valence-corrected chi connectivity index (χ4v) is 13.0. The average Bonchev–Trinajstić information content (AvgIpc) is 2.66.